The number of rotatable bonds is 4. The lowest BCUT2D eigenvalue weighted by molar-refractivity contribution is -0.915. The van der Waals surface area contributed by atoms with Crippen molar-refractivity contribution in [3.05, 3.63) is 53.6 Å². The maximum atomic E-state index is 13.0. The van der Waals surface area contributed by atoms with Crippen LogP contribution in [0.3, 0.4) is 0 Å². The number of quaternary nitrogens is 1. The van der Waals surface area contributed by atoms with E-state index in [4.69, 9.17) is 16.3 Å². The second-order valence-electron chi connectivity index (χ2n) is 7.15. The third kappa shape index (κ3) is 3.57. The largest absolute Gasteiger partial charge is 0.497 e. The number of piperazine rings is 1. The van der Waals surface area contributed by atoms with Crippen LogP contribution in [0.15, 0.2) is 48.5 Å². The number of imide groups is 1. The van der Waals surface area contributed by atoms with Crippen molar-refractivity contribution in [2.45, 2.75) is 12.5 Å². The maximum Gasteiger partial charge on any atom is 0.292 e. The summed E-state index contributed by atoms with van der Waals surface area (Å²) in [5.74, 6) is 0.562. The summed E-state index contributed by atoms with van der Waals surface area (Å²) in [4.78, 5) is 30.3. The number of carbonyl (C=O) groups is 2. The lowest BCUT2D eigenvalue weighted by Crippen LogP contribution is -3.19. The van der Waals surface area contributed by atoms with Gasteiger partial charge in [0.1, 0.15) is 5.75 Å². The Balaban J connectivity index is 1.42. The number of hydrogen-bond acceptors (Lipinski definition) is 4. The van der Waals surface area contributed by atoms with Crippen molar-refractivity contribution >= 4 is 34.8 Å². The van der Waals surface area contributed by atoms with Crippen LogP contribution in [0.2, 0.25) is 5.02 Å². The Hall–Kier alpha value is -2.57. The zero-order chi connectivity index (χ0) is 19.7. The summed E-state index contributed by atoms with van der Waals surface area (Å²) in [7, 11) is 1.66. The standard InChI is InChI=1S/C21H22ClN3O3/c1-28-18-7-5-16(6-8-18)23-9-11-24(12-10-23)19-14-20(26)25(21(19)27)17-4-2-3-15(22)13-17/h2-8,13,19H,9-12,14H2,1H3/p+1/t19-/m1/s1. The molecular weight excluding hydrogens is 378 g/mol. The van der Waals surface area contributed by atoms with E-state index in [-0.39, 0.29) is 24.3 Å². The summed E-state index contributed by atoms with van der Waals surface area (Å²) in [6, 6.07) is 14.6. The van der Waals surface area contributed by atoms with Gasteiger partial charge in [-0.15, -0.1) is 0 Å². The number of methoxy groups -OCH3 is 1. The van der Waals surface area contributed by atoms with Crippen molar-refractivity contribution < 1.29 is 19.2 Å². The van der Waals surface area contributed by atoms with Crippen LogP contribution in [0, 0.1) is 0 Å². The number of ether oxygens (including phenoxy) is 1. The van der Waals surface area contributed by atoms with Crippen LogP contribution in [0.25, 0.3) is 0 Å². The molecule has 1 atom stereocenters. The van der Waals surface area contributed by atoms with Crippen molar-refractivity contribution in [1.29, 1.82) is 0 Å². The van der Waals surface area contributed by atoms with Crippen LogP contribution in [0.5, 0.6) is 5.75 Å². The fourth-order valence-corrected chi connectivity index (χ4v) is 4.22. The fraction of sp³-hybridized carbons (Fsp3) is 0.333. The molecule has 0 unspecified atom stereocenters. The number of nitrogens with one attached hydrogen (secondary N) is 1. The molecule has 28 heavy (non-hydrogen) atoms. The lowest BCUT2D eigenvalue weighted by atomic mass is 10.1. The first-order valence-electron chi connectivity index (χ1n) is 9.43. The molecule has 0 radical (unpaired) electrons. The maximum absolute atomic E-state index is 13.0. The van der Waals surface area contributed by atoms with E-state index in [9.17, 15) is 9.59 Å². The minimum absolute atomic E-state index is 0.125. The smallest absolute Gasteiger partial charge is 0.292 e. The molecule has 0 aliphatic carbocycles. The molecule has 2 fully saturated rings. The number of halogens is 1. The SMILES string of the molecule is COc1ccc(N2CC[NH+]([C@@H]3CC(=O)N(c4cccc(Cl)c4)C3=O)CC2)cc1. The average Bonchev–Trinajstić information content (AvgIpc) is 3.02. The minimum atomic E-state index is -0.315. The molecule has 146 valence electrons. The number of benzene rings is 2. The highest BCUT2D eigenvalue weighted by Gasteiger charge is 2.46. The molecule has 2 amide bonds. The summed E-state index contributed by atoms with van der Waals surface area (Å²) in [5.41, 5.74) is 1.70. The fourth-order valence-electron chi connectivity index (χ4n) is 4.03. The Labute approximate surface area is 169 Å². The van der Waals surface area contributed by atoms with Crippen LogP contribution in [-0.2, 0) is 9.59 Å². The predicted octanol–water partition coefficient (Wildman–Crippen LogP) is 1.39. The van der Waals surface area contributed by atoms with E-state index < -0.39 is 0 Å². The quantitative estimate of drug-likeness (QED) is 0.788. The number of hydrogen-bond donors (Lipinski definition) is 1. The number of amides is 2. The first-order chi connectivity index (χ1) is 13.6. The van der Waals surface area contributed by atoms with Gasteiger partial charge in [-0.3, -0.25) is 9.59 Å². The van der Waals surface area contributed by atoms with Crippen molar-refractivity contribution in [3.8, 4) is 5.75 Å². The van der Waals surface area contributed by atoms with Crippen molar-refractivity contribution in [3.63, 3.8) is 0 Å². The van der Waals surface area contributed by atoms with Gasteiger partial charge in [-0.1, -0.05) is 17.7 Å². The molecule has 2 saturated heterocycles. The third-order valence-corrected chi connectivity index (χ3v) is 5.78. The predicted molar refractivity (Wildman–Crippen MR) is 108 cm³/mol. The first kappa shape index (κ1) is 18.8. The molecule has 1 N–H and O–H groups in total. The van der Waals surface area contributed by atoms with Gasteiger partial charge in [0.15, 0.2) is 6.04 Å². The molecule has 4 rings (SSSR count). The van der Waals surface area contributed by atoms with Gasteiger partial charge in [-0.25, -0.2) is 4.90 Å². The lowest BCUT2D eigenvalue weighted by Gasteiger charge is -2.35. The van der Waals surface area contributed by atoms with Gasteiger partial charge in [0.25, 0.3) is 5.91 Å². The number of nitrogens with zero attached hydrogens (tertiary/aromatic N) is 2. The van der Waals surface area contributed by atoms with Gasteiger partial charge in [0, 0.05) is 10.7 Å². The highest BCUT2D eigenvalue weighted by Crippen LogP contribution is 2.25. The molecule has 0 spiro atoms. The van der Waals surface area contributed by atoms with Crippen LogP contribution in [-0.4, -0.2) is 51.1 Å². The molecule has 0 saturated carbocycles. The van der Waals surface area contributed by atoms with Gasteiger partial charge >= 0.3 is 0 Å². The molecule has 2 aromatic carbocycles. The van der Waals surface area contributed by atoms with Crippen LogP contribution in [0.4, 0.5) is 11.4 Å². The highest BCUT2D eigenvalue weighted by molar-refractivity contribution is 6.31. The van der Waals surface area contributed by atoms with Crippen molar-refractivity contribution in [2.24, 2.45) is 0 Å². The molecule has 2 heterocycles. The summed E-state index contributed by atoms with van der Waals surface area (Å²) in [6.45, 7) is 3.33. The topological polar surface area (TPSA) is 54.3 Å². The Morgan fingerprint density at radius 3 is 2.39 bits per heavy atom. The molecule has 0 aromatic heterocycles. The van der Waals surface area contributed by atoms with E-state index in [1.165, 1.54) is 9.80 Å². The Bertz CT molecular complexity index is 879. The molecule has 7 heteroatoms. The van der Waals surface area contributed by atoms with Crippen LogP contribution in [0.1, 0.15) is 6.42 Å². The molecule has 2 aliphatic heterocycles. The summed E-state index contributed by atoms with van der Waals surface area (Å²) in [5, 5.41) is 0.516. The molecule has 2 aromatic rings. The van der Waals surface area contributed by atoms with E-state index in [0.717, 1.165) is 37.6 Å². The minimum Gasteiger partial charge on any atom is -0.497 e. The second-order valence-corrected chi connectivity index (χ2v) is 7.58. The van der Waals surface area contributed by atoms with Gasteiger partial charge in [-0.2, -0.15) is 0 Å². The second kappa shape index (κ2) is 7.81. The third-order valence-electron chi connectivity index (χ3n) is 5.55. The normalized spacial score (nSPS) is 20.7. The van der Waals surface area contributed by atoms with Crippen LogP contribution >= 0.6 is 11.6 Å². The monoisotopic (exact) mass is 400 g/mol. The van der Waals surface area contributed by atoms with Gasteiger partial charge in [0.05, 0.1) is 45.4 Å². The molecule has 2 aliphatic rings. The Kier molecular flexibility index (Phi) is 5.24. The molecule has 0 bridgehead atoms. The first-order valence-corrected chi connectivity index (χ1v) is 9.80. The van der Waals surface area contributed by atoms with E-state index in [0.29, 0.717) is 10.7 Å². The van der Waals surface area contributed by atoms with E-state index in [2.05, 4.69) is 17.0 Å². The highest BCUT2D eigenvalue weighted by atomic mass is 35.5. The summed E-state index contributed by atoms with van der Waals surface area (Å²) in [6.07, 6.45) is 0.253. The van der Waals surface area contributed by atoms with Crippen LogP contribution < -0.4 is 19.4 Å². The zero-order valence-electron chi connectivity index (χ0n) is 15.7. The van der Waals surface area contributed by atoms with E-state index in [1.807, 2.05) is 12.1 Å². The summed E-state index contributed by atoms with van der Waals surface area (Å²) >= 11 is 6.03. The van der Waals surface area contributed by atoms with Gasteiger partial charge in [-0.05, 0) is 42.5 Å². The number of carbonyl (C=O) groups excluding carboxylic acids is 2. The zero-order valence-corrected chi connectivity index (χ0v) is 16.5. The van der Waals surface area contributed by atoms with Crippen molar-refractivity contribution in [2.75, 3.05) is 43.1 Å². The average molecular weight is 401 g/mol. The van der Waals surface area contributed by atoms with E-state index in [1.54, 1.807) is 31.4 Å². The number of anilines is 2. The Morgan fingerprint density at radius 2 is 1.75 bits per heavy atom. The Morgan fingerprint density at radius 1 is 1.04 bits per heavy atom. The van der Waals surface area contributed by atoms with Crippen molar-refractivity contribution in [1.82, 2.24) is 0 Å². The van der Waals surface area contributed by atoms with E-state index >= 15 is 0 Å². The van der Waals surface area contributed by atoms with Gasteiger partial charge in [0.2, 0.25) is 5.91 Å². The molecule has 6 nitrogen and oxygen atoms in total. The molecular formula is C21H23ClN3O3+. The van der Waals surface area contributed by atoms with Gasteiger partial charge < -0.3 is 14.5 Å². The summed E-state index contributed by atoms with van der Waals surface area (Å²) < 4.78 is 5.21.